The lowest BCUT2D eigenvalue weighted by molar-refractivity contribution is -0.157. The highest BCUT2D eigenvalue weighted by atomic mass is 16.3. The van der Waals surface area contributed by atoms with Crippen molar-refractivity contribution in [2.24, 2.45) is 0 Å². The summed E-state index contributed by atoms with van der Waals surface area (Å²) in [5.74, 6) is 1.60. The van der Waals surface area contributed by atoms with E-state index >= 15 is 0 Å². The van der Waals surface area contributed by atoms with Gasteiger partial charge in [0.25, 0.3) is 5.91 Å². The monoisotopic (exact) mass is 576 g/mol. The van der Waals surface area contributed by atoms with Gasteiger partial charge < -0.3 is 20.6 Å². The Balaban J connectivity index is 1.13. The smallest absolute Gasteiger partial charge is 0.254 e. The molecule has 4 heterocycles. The van der Waals surface area contributed by atoms with Gasteiger partial charge in [-0.2, -0.15) is 0 Å². The first-order valence-electron chi connectivity index (χ1n) is 15.1. The molecule has 2 amide bonds. The number of imidazole rings is 1. The van der Waals surface area contributed by atoms with Crippen molar-refractivity contribution in [3.05, 3.63) is 84.6 Å². The first kappa shape index (κ1) is 27.3. The van der Waals surface area contributed by atoms with Crippen LogP contribution in [0.1, 0.15) is 55.1 Å². The Kier molecular flexibility index (Phi) is 6.77. The zero-order valence-corrected chi connectivity index (χ0v) is 24.2. The molecule has 0 radical (unpaired) electrons. The summed E-state index contributed by atoms with van der Waals surface area (Å²) in [6.07, 6.45) is 6.73. The topological polar surface area (TPSA) is 118 Å². The molecule has 4 aromatic rings. The van der Waals surface area contributed by atoms with Gasteiger partial charge in [0.15, 0.2) is 0 Å². The number of hydrogen-bond acceptors (Lipinski definition) is 6. The number of benzene rings is 2. The number of carbonyl (C=O) groups is 2. The lowest BCUT2D eigenvalue weighted by Gasteiger charge is -2.38. The highest BCUT2D eigenvalue weighted by Crippen LogP contribution is 2.42. The Labute approximate surface area is 250 Å². The average molecular weight is 577 g/mol. The molecule has 9 heteroatoms. The van der Waals surface area contributed by atoms with E-state index in [-0.39, 0.29) is 30.6 Å². The fourth-order valence-electron chi connectivity index (χ4n) is 6.66. The first-order valence-corrected chi connectivity index (χ1v) is 15.1. The quantitative estimate of drug-likeness (QED) is 0.329. The average Bonchev–Trinajstić information content (AvgIpc) is 3.65. The first-order chi connectivity index (χ1) is 20.8. The number of pyridine rings is 1. The number of aliphatic hydroxyl groups is 1. The van der Waals surface area contributed by atoms with Crippen molar-refractivity contribution in [3.8, 4) is 17.1 Å². The molecule has 3 N–H and O–H groups in total. The number of aromatic nitrogens is 3. The van der Waals surface area contributed by atoms with Gasteiger partial charge in [-0.25, -0.2) is 9.97 Å². The summed E-state index contributed by atoms with van der Waals surface area (Å²) in [6.45, 7) is 5.40. The maximum Gasteiger partial charge on any atom is 0.254 e. The third-order valence-electron chi connectivity index (χ3n) is 9.38. The Morgan fingerprint density at radius 2 is 1.70 bits per heavy atom. The number of rotatable bonds is 6. The number of hydrogen-bond donors (Lipinski definition) is 2. The van der Waals surface area contributed by atoms with Crippen LogP contribution in [0.25, 0.3) is 28.1 Å². The number of nitrogens with zero attached hydrogens (tertiary/aromatic N) is 5. The van der Waals surface area contributed by atoms with Gasteiger partial charge in [-0.1, -0.05) is 24.8 Å². The minimum atomic E-state index is -1.43. The lowest BCUT2D eigenvalue weighted by Crippen LogP contribution is -2.55. The van der Waals surface area contributed by atoms with Gasteiger partial charge in [0.05, 0.1) is 16.6 Å². The normalized spacial score (nSPS) is 20.0. The predicted octanol–water partition coefficient (Wildman–Crippen LogP) is 4.40. The van der Waals surface area contributed by atoms with E-state index in [1.165, 1.54) is 24.5 Å². The fourth-order valence-corrected chi connectivity index (χ4v) is 6.66. The molecule has 43 heavy (non-hydrogen) atoms. The van der Waals surface area contributed by atoms with Gasteiger partial charge in [-0.3, -0.25) is 14.2 Å². The SMILES string of the molecule is C=CC(=O)N1CCC(O)(C(=O)N2CC[C@H](c3ccc(-n4c(-c5cccnc5N)nc5ccc(C6CC6)cc54)cc3)C2)CC1. The maximum atomic E-state index is 13.4. The highest BCUT2D eigenvalue weighted by molar-refractivity contribution is 5.89. The van der Waals surface area contributed by atoms with E-state index in [9.17, 15) is 14.7 Å². The van der Waals surface area contributed by atoms with Crippen LogP contribution in [0.4, 0.5) is 5.82 Å². The van der Waals surface area contributed by atoms with E-state index in [1.807, 2.05) is 12.1 Å². The van der Waals surface area contributed by atoms with Crippen LogP contribution in [0.5, 0.6) is 0 Å². The molecule has 0 bridgehead atoms. The van der Waals surface area contributed by atoms with Crippen molar-refractivity contribution in [2.75, 3.05) is 31.9 Å². The summed E-state index contributed by atoms with van der Waals surface area (Å²) in [4.78, 5) is 38.0. The van der Waals surface area contributed by atoms with E-state index in [0.29, 0.717) is 37.9 Å². The number of fused-ring (bicyclic) bond motifs is 1. The lowest BCUT2D eigenvalue weighted by atomic mass is 9.89. The fraction of sp³-hybridized carbons (Fsp3) is 0.353. The van der Waals surface area contributed by atoms with Crippen LogP contribution in [-0.4, -0.2) is 73.0 Å². The van der Waals surface area contributed by atoms with E-state index in [1.54, 1.807) is 16.0 Å². The highest BCUT2D eigenvalue weighted by Gasteiger charge is 2.44. The largest absolute Gasteiger partial charge is 0.383 e. The molecule has 0 spiro atoms. The number of anilines is 1. The van der Waals surface area contributed by atoms with Gasteiger partial charge in [0.1, 0.15) is 17.2 Å². The van der Waals surface area contributed by atoms with Crippen LogP contribution in [0.2, 0.25) is 0 Å². The summed E-state index contributed by atoms with van der Waals surface area (Å²) in [6, 6.07) is 18.9. The second kappa shape index (κ2) is 10.6. The van der Waals surface area contributed by atoms with Crippen LogP contribution in [0.15, 0.2) is 73.4 Å². The van der Waals surface area contributed by atoms with Crippen molar-refractivity contribution >= 4 is 28.7 Å². The maximum absolute atomic E-state index is 13.4. The number of carbonyl (C=O) groups excluding carboxylic acids is 2. The zero-order chi connectivity index (χ0) is 29.7. The van der Waals surface area contributed by atoms with Crippen molar-refractivity contribution in [3.63, 3.8) is 0 Å². The van der Waals surface area contributed by atoms with E-state index in [0.717, 1.165) is 40.1 Å². The molecule has 7 rings (SSSR count). The van der Waals surface area contributed by atoms with E-state index in [4.69, 9.17) is 10.7 Å². The molecular formula is C34H36N6O3. The molecular weight excluding hydrogens is 540 g/mol. The number of nitrogen functional groups attached to an aromatic ring is 1. The molecule has 2 aromatic carbocycles. The number of amides is 2. The molecule has 9 nitrogen and oxygen atoms in total. The summed E-state index contributed by atoms with van der Waals surface area (Å²) in [5.41, 5.74) is 11.1. The summed E-state index contributed by atoms with van der Waals surface area (Å²) < 4.78 is 2.17. The molecule has 1 saturated carbocycles. The van der Waals surface area contributed by atoms with E-state index < -0.39 is 5.60 Å². The van der Waals surface area contributed by atoms with Crippen LogP contribution in [-0.2, 0) is 9.59 Å². The summed E-state index contributed by atoms with van der Waals surface area (Å²) in [5, 5.41) is 11.2. The molecule has 1 aliphatic carbocycles. The van der Waals surface area contributed by atoms with Crippen LogP contribution in [0, 0.1) is 0 Å². The number of likely N-dealkylation sites (tertiary alicyclic amines) is 2. The van der Waals surface area contributed by atoms with Crippen LogP contribution >= 0.6 is 0 Å². The third kappa shape index (κ3) is 4.97. The van der Waals surface area contributed by atoms with Crippen LogP contribution < -0.4 is 5.73 Å². The summed E-state index contributed by atoms with van der Waals surface area (Å²) in [7, 11) is 0. The Morgan fingerprint density at radius 1 is 0.953 bits per heavy atom. The summed E-state index contributed by atoms with van der Waals surface area (Å²) >= 11 is 0. The molecule has 220 valence electrons. The molecule has 2 aromatic heterocycles. The van der Waals surface area contributed by atoms with Crippen molar-refractivity contribution < 1.29 is 14.7 Å². The number of nitrogens with two attached hydrogens (primary N) is 1. The predicted molar refractivity (Wildman–Crippen MR) is 166 cm³/mol. The molecule has 2 aliphatic heterocycles. The van der Waals surface area contributed by atoms with Crippen molar-refractivity contribution in [1.29, 1.82) is 0 Å². The van der Waals surface area contributed by atoms with Crippen molar-refractivity contribution in [1.82, 2.24) is 24.3 Å². The number of piperidine rings is 1. The van der Waals surface area contributed by atoms with Gasteiger partial charge >= 0.3 is 0 Å². The molecule has 2 saturated heterocycles. The van der Waals surface area contributed by atoms with E-state index in [2.05, 4.69) is 58.6 Å². The minimum absolute atomic E-state index is 0.165. The van der Waals surface area contributed by atoms with Gasteiger partial charge in [-0.05, 0) is 78.8 Å². The minimum Gasteiger partial charge on any atom is -0.383 e. The Morgan fingerprint density at radius 3 is 2.40 bits per heavy atom. The Bertz CT molecular complexity index is 1720. The second-order valence-electron chi connectivity index (χ2n) is 12.1. The standard InChI is InChI=1S/C34H36N6O3/c1-2-30(41)38-18-14-34(43,15-19-38)33(42)39-17-13-25(21-39)23-7-10-26(11-8-23)40-29-20-24(22-5-6-22)9-12-28(29)37-32(40)27-4-3-16-36-31(27)35/h2-4,7-12,16,20,22,25,43H,1,5-6,13-15,17-19,21H2,(H2,35,36)/t25-/m0/s1. The zero-order valence-electron chi connectivity index (χ0n) is 24.2. The van der Waals surface area contributed by atoms with Gasteiger partial charge in [0, 0.05) is 56.8 Å². The molecule has 0 unspecified atom stereocenters. The Hall–Kier alpha value is -4.50. The third-order valence-corrected chi connectivity index (χ3v) is 9.38. The molecule has 1 atom stereocenters. The molecule has 3 aliphatic rings. The van der Waals surface area contributed by atoms with Gasteiger partial charge in [-0.15, -0.1) is 0 Å². The van der Waals surface area contributed by atoms with Crippen molar-refractivity contribution in [2.45, 2.75) is 49.5 Å². The van der Waals surface area contributed by atoms with Crippen LogP contribution in [0.3, 0.4) is 0 Å². The second-order valence-corrected chi connectivity index (χ2v) is 12.1. The van der Waals surface area contributed by atoms with Gasteiger partial charge in [0.2, 0.25) is 5.91 Å². The molecule has 3 fully saturated rings.